The van der Waals surface area contributed by atoms with E-state index < -0.39 is 0 Å². The molecule has 1 aromatic carbocycles. The Labute approximate surface area is 77.0 Å². The Morgan fingerprint density at radius 2 is 2.25 bits per heavy atom. The lowest BCUT2D eigenvalue weighted by Gasteiger charge is -2.02. The fraction of sp³-hybridized carbons (Fsp3) is 0.222. The molecule has 0 spiro atoms. The second-order valence-electron chi connectivity index (χ2n) is 2.76. The van der Waals surface area contributed by atoms with Gasteiger partial charge in [0.15, 0.2) is 0 Å². The zero-order valence-corrected chi connectivity index (χ0v) is 7.69. The van der Waals surface area contributed by atoms with Gasteiger partial charge in [-0.05, 0) is 24.1 Å². The summed E-state index contributed by atoms with van der Waals surface area (Å²) >= 11 is 4.75. The molecular formula is C9H11NOS. The maximum absolute atomic E-state index is 9.33. The minimum Gasteiger partial charge on any atom is -0.508 e. The lowest BCUT2D eigenvalue weighted by Crippen LogP contribution is -2.10. The molecule has 0 radical (unpaired) electrons. The Morgan fingerprint density at radius 1 is 1.58 bits per heavy atom. The predicted octanol–water partition coefficient (Wildman–Crippen LogP) is 1.53. The average Bonchev–Trinajstić information content (AvgIpc) is 1.96. The highest BCUT2D eigenvalue weighted by atomic mass is 32.1. The van der Waals surface area contributed by atoms with Gasteiger partial charge in [0, 0.05) is 6.42 Å². The van der Waals surface area contributed by atoms with E-state index in [1.165, 1.54) is 0 Å². The summed E-state index contributed by atoms with van der Waals surface area (Å²) in [6.45, 7) is 1.85. The van der Waals surface area contributed by atoms with Crippen molar-refractivity contribution in [1.29, 1.82) is 0 Å². The molecule has 0 saturated heterocycles. The summed E-state index contributed by atoms with van der Waals surface area (Å²) in [6.07, 6.45) is 0.545. The smallest absolute Gasteiger partial charge is 0.118 e. The van der Waals surface area contributed by atoms with Crippen molar-refractivity contribution < 1.29 is 5.11 Å². The molecule has 2 nitrogen and oxygen atoms in total. The van der Waals surface area contributed by atoms with E-state index in [9.17, 15) is 5.11 Å². The quantitative estimate of drug-likeness (QED) is 0.680. The number of hydrogen-bond donors (Lipinski definition) is 2. The second kappa shape index (κ2) is 3.54. The van der Waals surface area contributed by atoms with Crippen molar-refractivity contribution >= 4 is 17.2 Å². The van der Waals surface area contributed by atoms with Gasteiger partial charge in [0.25, 0.3) is 0 Å². The molecule has 0 unspecified atom stereocenters. The van der Waals surface area contributed by atoms with Crippen LogP contribution < -0.4 is 5.73 Å². The topological polar surface area (TPSA) is 46.2 Å². The molecule has 0 saturated carbocycles. The Hall–Kier alpha value is -1.09. The third-order valence-corrected chi connectivity index (χ3v) is 1.80. The molecule has 1 rings (SSSR count). The highest BCUT2D eigenvalue weighted by Gasteiger charge is 1.98. The molecule has 0 amide bonds. The molecule has 1 aromatic rings. The molecule has 64 valence electrons. The number of aromatic hydroxyl groups is 1. The molecular weight excluding hydrogens is 170 g/mol. The summed E-state index contributed by atoms with van der Waals surface area (Å²) in [7, 11) is 0. The van der Waals surface area contributed by atoms with Crippen molar-refractivity contribution in [3.05, 3.63) is 29.3 Å². The standard InChI is InChI=1S/C9H11NOS/c1-6-2-3-7(4-8(6)11)5-9(10)12/h2-4,11H,5H2,1H3,(H2,10,12). The number of phenols is 1. The third kappa shape index (κ3) is 2.20. The Morgan fingerprint density at radius 3 is 2.75 bits per heavy atom. The number of nitrogens with two attached hydrogens (primary N) is 1. The van der Waals surface area contributed by atoms with Gasteiger partial charge < -0.3 is 10.8 Å². The van der Waals surface area contributed by atoms with E-state index in [0.29, 0.717) is 17.2 Å². The SMILES string of the molecule is Cc1ccc(CC(N)=S)cc1O. The molecule has 0 aromatic heterocycles. The zero-order chi connectivity index (χ0) is 9.14. The lowest BCUT2D eigenvalue weighted by atomic mass is 10.1. The average molecular weight is 181 g/mol. The minimum atomic E-state index is 0.295. The molecule has 0 bridgehead atoms. The highest BCUT2D eigenvalue weighted by Crippen LogP contribution is 2.17. The molecule has 3 N–H and O–H groups in total. The maximum atomic E-state index is 9.33. The van der Waals surface area contributed by atoms with Gasteiger partial charge in [-0.15, -0.1) is 0 Å². The molecule has 12 heavy (non-hydrogen) atoms. The van der Waals surface area contributed by atoms with Gasteiger partial charge in [0.1, 0.15) is 5.75 Å². The van der Waals surface area contributed by atoms with Crippen LogP contribution in [0.15, 0.2) is 18.2 Å². The Balaban J connectivity index is 2.89. The normalized spacial score (nSPS) is 9.75. The first-order chi connectivity index (χ1) is 5.59. The first-order valence-electron chi connectivity index (χ1n) is 3.66. The second-order valence-corrected chi connectivity index (χ2v) is 3.29. The minimum absolute atomic E-state index is 0.295. The molecule has 0 fully saturated rings. The van der Waals surface area contributed by atoms with Crippen molar-refractivity contribution in [3.8, 4) is 5.75 Å². The van der Waals surface area contributed by atoms with Crippen LogP contribution in [0.2, 0.25) is 0 Å². The Bertz CT molecular complexity index is 309. The van der Waals surface area contributed by atoms with E-state index in [2.05, 4.69) is 0 Å². The van der Waals surface area contributed by atoms with Crippen LogP contribution in [0.5, 0.6) is 5.75 Å². The fourth-order valence-corrected chi connectivity index (χ4v) is 1.13. The van der Waals surface area contributed by atoms with Crippen molar-refractivity contribution in [2.45, 2.75) is 13.3 Å². The van der Waals surface area contributed by atoms with Crippen molar-refractivity contribution in [2.75, 3.05) is 0 Å². The number of hydrogen-bond acceptors (Lipinski definition) is 2. The van der Waals surface area contributed by atoms with Crippen LogP contribution in [0.3, 0.4) is 0 Å². The number of rotatable bonds is 2. The van der Waals surface area contributed by atoms with Crippen LogP contribution in [0.25, 0.3) is 0 Å². The van der Waals surface area contributed by atoms with Crippen LogP contribution in [0, 0.1) is 6.92 Å². The summed E-state index contributed by atoms with van der Waals surface area (Å²) in [5, 5.41) is 9.33. The van der Waals surface area contributed by atoms with Crippen LogP contribution in [-0.2, 0) is 6.42 Å². The largest absolute Gasteiger partial charge is 0.508 e. The number of benzene rings is 1. The van der Waals surface area contributed by atoms with Gasteiger partial charge in [-0.3, -0.25) is 0 Å². The third-order valence-electron chi connectivity index (χ3n) is 1.65. The van der Waals surface area contributed by atoms with E-state index in [1.54, 1.807) is 6.07 Å². The number of thiocarbonyl (C=S) groups is 1. The van der Waals surface area contributed by atoms with Gasteiger partial charge >= 0.3 is 0 Å². The van der Waals surface area contributed by atoms with Crippen molar-refractivity contribution in [1.82, 2.24) is 0 Å². The summed E-state index contributed by atoms with van der Waals surface area (Å²) in [5.41, 5.74) is 7.17. The maximum Gasteiger partial charge on any atom is 0.118 e. The van der Waals surface area contributed by atoms with Gasteiger partial charge in [0.05, 0.1) is 4.99 Å². The van der Waals surface area contributed by atoms with Gasteiger partial charge in [-0.25, -0.2) is 0 Å². The summed E-state index contributed by atoms with van der Waals surface area (Å²) in [6, 6.07) is 5.45. The van der Waals surface area contributed by atoms with Crippen LogP contribution >= 0.6 is 12.2 Å². The lowest BCUT2D eigenvalue weighted by molar-refractivity contribution is 0.470. The number of aryl methyl sites for hydroxylation is 1. The zero-order valence-electron chi connectivity index (χ0n) is 6.87. The van der Waals surface area contributed by atoms with E-state index in [4.69, 9.17) is 18.0 Å². The van der Waals surface area contributed by atoms with Crippen molar-refractivity contribution in [3.63, 3.8) is 0 Å². The first kappa shape index (κ1) is 9.00. The van der Waals surface area contributed by atoms with Gasteiger partial charge in [-0.2, -0.15) is 0 Å². The first-order valence-corrected chi connectivity index (χ1v) is 4.07. The Kier molecular flexibility index (Phi) is 2.65. The van der Waals surface area contributed by atoms with E-state index in [-0.39, 0.29) is 0 Å². The molecule has 0 aliphatic carbocycles. The molecule has 0 atom stereocenters. The molecule has 3 heteroatoms. The monoisotopic (exact) mass is 181 g/mol. The molecule has 0 heterocycles. The molecule has 0 aliphatic heterocycles. The summed E-state index contributed by atoms with van der Waals surface area (Å²) in [4.78, 5) is 0.443. The fourth-order valence-electron chi connectivity index (χ4n) is 0.966. The van der Waals surface area contributed by atoms with E-state index >= 15 is 0 Å². The summed E-state index contributed by atoms with van der Waals surface area (Å²) in [5.74, 6) is 0.295. The van der Waals surface area contributed by atoms with Crippen molar-refractivity contribution in [2.24, 2.45) is 5.73 Å². The van der Waals surface area contributed by atoms with Crippen LogP contribution in [-0.4, -0.2) is 10.1 Å². The van der Waals surface area contributed by atoms with Gasteiger partial charge in [0.2, 0.25) is 0 Å². The van der Waals surface area contributed by atoms with Crippen LogP contribution in [0.4, 0.5) is 0 Å². The summed E-state index contributed by atoms with van der Waals surface area (Å²) < 4.78 is 0. The van der Waals surface area contributed by atoms with Gasteiger partial charge in [-0.1, -0.05) is 24.4 Å². The highest BCUT2D eigenvalue weighted by molar-refractivity contribution is 7.80. The molecule has 0 aliphatic rings. The van der Waals surface area contributed by atoms with E-state index in [0.717, 1.165) is 11.1 Å². The van der Waals surface area contributed by atoms with Crippen LogP contribution in [0.1, 0.15) is 11.1 Å². The number of phenolic OH excluding ortho intramolecular Hbond substituents is 1. The van der Waals surface area contributed by atoms with E-state index in [1.807, 2.05) is 19.1 Å². The predicted molar refractivity (Wildman–Crippen MR) is 53.3 cm³/mol.